The van der Waals surface area contributed by atoms with Crippen LogP contribution >= 0.6 is 0 Å². The monoisotopic (exact) mass is 461 g/mol. The average Bonchev–Trinajstić information content (AvgIpc) is 3.34. The minimum absolute atomic E-state index is 0.575. The maximum atomic E-state index is 10.6. The van der Waals surface area contributed by atoms with Gasteiger partial charge in [0.2, 0.25) is 0 Å². The van der Waals surface area contributed by atoms with Crippen LogP contribution in [0.2, 0.25) is 0 Å². The van der Waals surface area contributed by atoms with Gasteiger partial charge in [-0.25, -0.2) is 0 Å². The summed E-state index contributed by atoms with van der Waals surface area (Å²) in [5, 5.41) is 10.6. The number of allylic oxidation sites excluding steroid dienone is 1. The average molecular weight is 462 g/mol. The molecule has 2 heteroatoms. The van der Waals surface area contributed by atoms with Crippen molar-refractivity contribution >= 4 is 0 Å². The molecule has 3 aromatic rings. The number of benzene rings is 3. The molecule has 1 saturated carbocycles. The fourth-order valence-electron chi connectivity index (χ4n) is 6.70. The number of quaternary nitrogens is 1. The molecule has 0 spiro atoms. The third kappa shape index (κ3) is 4.84. The number of nitriles is 1. The van der Waals surface area contributed by atoms with Gasteiger partial charge >= 0.3 is 0 Å². The van der Waals surface area contributed by atoms with E-state index in [9.17, 15) is 5.26 Å². The van der Waals surface area contributed by atoms with E-state index in [-0.39, 0.29) is 0 Å². The summed E-state index contributed by atoms with van der Waals surface area (Å²) in [6, 6.07) is 34.8. The second-order valence-electron chi connectivity index (χ2n) is 11.1. The summed E-state index contributed by atoms with van der Waals surface area (Å²) in [7, 11) is 0. The fraction of sp³-hybridized carbons (Fsp3) is 0.364. The van der Waals surface area contributed by atoms with E-state index in [0.717, 1.165) is 42.3 Å². The van der Waals surface area contributed by atoms with Crippen LogP contribution in [-0.4, -0.2) is 24.1 Å². The molecule has 0 bridgehead atoms. The second kappa shape index (κ2) is 9.84. The van der Waals surface area contributed by atoms with Gasteiger partial charge in [-0.1, -0.05) is 103 Å². The van der Waals surface area contributed by atoms with E-state index in [0.29, 0.717) is 5.92 Å². The third-order valence-electron chi connectivity index (χ3n) is 8.49. The molecule has 3 aromatic carbocycles. The Balaban J connectivity index is 1.38. The van der Waals surface area contributed by atoms with Gasteiger partial charge in [0.1, 0.15) is 12.0 Å². The summed E-state index contributed by atoms with van der Waals surface area (Å²) in [5.74, 6) is 2.08. The fourth-order valence-corrected chi connectivity index (χ4v) is 6.70. The number of nitrogens with zero attached hydrogens (tertiary/aromatic N) is 2. The molecule has 178 valence electrons. The lowest BCUT2D eigenvalue weighted by Gasteiger charge is -2.38. The molecule has 1 aliphatic carbocycles. The molecule has 2 fully saturated rings. The van der Waals surface area contributed by atoms with Crippen LogP contribution in [0.1, 0.15) is 43.4 Å². The molecule has 0 aromatic heterocycles. The van der Waals surface area contributed by atoms with Crippen molar-refractivity contribution in [3.8, 4) is 6.07 Å². The minimum Gasteiger partial charge on any atom is -0.319 e. The van der Waals surface area contributed by atoms with Gasteiger partial charge in [-0.15, -0.1) is 0 Å². The van der Waals surface area contributed by atoms with Crippen molar-refractivity contribution in [3.63, 3.8) is 0 Å². The van der Waals surface area contributed by atoms with Gasteiger partial charge in [-0.3, -0.25) is 0 Å². The zero-order chi connectivity index (χ0) is 24.3. The molecule has 0 amide bonds. The van der Waals surface area contributed by atoms with Crippen LogP contribution in [0.4, 0.5) is 0 Å². The van der Waals surface area contributed by atoms with E-state index >= 15 is 0 Å². The molecule has 2 aliphatic rings. The summed E-state index contributed by atoms with van der Waals surface area (Å²) in [6.07, 6.45) is 4.47. The summed E-state index contributed by atoms with van der Waals surface area (Å²) in [4.78, 5) is 0. The molecule has 0 N–H and O–H groups in total. The van der Waals surface area contributed by atoms with E-state index in [1.165, 1.54) is 35.3 Å². The van der Waals surface area contributed by atoms with E-state index < -0.39 is 5.41 Å². The predicted molar refractivity (Wildman–Crippen MR) is 143 cm³/mol. The van der Waals surface area contributed by atoms with Crippen molar-refractivity contribution in [1.82, 2.24) is 0 Å². The van der Waals surface area contributed by atoms with Crippen LogP contribution in [-0.2, 0) is 12.0 Å². The van der Waals surface area contributed by atoms with Crippen molar-refractivity contribution in [2.24, 2.45) is 17.8 Å². The highest BCUT2D eigenvalue weighted by Crippen LogP contribution is 2.60. The molecule has 2 nitrogen and oxygen atoms in total. The molecule has 1 heterocycles. The first kappa shape index (κ1) is 23.6. The first-order chi connectivity index (χ1) is 17.1. The van der Waals surface area contributed by atoms with Gasteiger partial charge < -0.3 is 4.48 Å². The quantitative estimate of drug-likeness (QED) is 0.245. The Bertz CT molecular complexity index is 1130. The Kier molecular flexibility index (Phi) is 6.63. The molecule has 1 aliphatic heterocycles. The number of likely N-dealkylation sites (tertiary alicyclic amines) is 1. The van der Waals surface area contributed by atoms with Crippen LogP contribution in [0.25, 0.3) is 0 Å². The highest BCUT2D eigenvalue weighted by Gasteiger charge is 2.64. The van der Waals surface area contributed by atoms with E-state index in [1.54, 1.807) is 0 Å². The topological polar surface area (TPSA) is 23.8 Å². The predicted octanol–water partition coefficient (Wildman–Crippen LogP) is 7.14. The Morgan fingerprint density at radius 2 is 1.37 bits per heavy atom. The molecular formula is C33H37N2+. The summed E-state index contributed by atoms with van der Waals surface area (Å²) >= 11 is 0. The first-order valence-electron chi connectivity index (χ1n) is 13.1. The number of hydrogen-bond acceptors (Lipinski definition) is 1. The van der Waals surface area contributed by atoms with E-state index in [4.69, 9.17) is 0 Å². The van der Waals surface area contributed by atoms with Crippen LogP contribution in [0.15, 0.2) is 103 Å². The Labute approximate surface area is 211 Å². The van der Waals surface area contributed by atoms with Gasteiger partial charge in [0.15, 0.2) is 0 Å². The highest BCUT2D eigenvalue weighted by molar-refractivity contribution is 5.46. The lowest BCUT2D eigenvalue weighted by Crippen LogP contribution is -2.48. The smallest absolute Gasteiger partial charge is 0.107 e. The van der Waals surface area contributed by atoms with Crippen molar-refractivity contribution in [3.05, 3.63) is 119 Å². The number of rotatable bonds is 9. The molecule has 1 saturated heterocycles. The van der Waals surface area contributed by atoms with Crippen molar-refractivity contribution < 1.29 is 4.48 Å². The first-order valence-corrected chi connectivity index (χ1v) is 13.1. The lowest BCUT2D eigenvalue weighted by molar-refractivity contribution is -0.934. The maximum absolute atomic E-state index is 10.6. The van der Waals surface area contributed by atoms with Gasteiger partial charge in [0, 0.05) is 23.8 Å². The van der Waals surface area contributed by atoms with Gasteiger partial charge in [-0.2, -0.15) is 5.26 Å². The van der Waals surface area contributed by atoms with Gasteiger partial charge in [0.05, 0.1) is 25.7 Å². The summed E-state index contributed by atoms with van der Waals surface area (Å²) in [5.41, 5.74) is 4.55. The largest absolute Gasteiger partial charge is 0.319 e. The summed E-state index contributed by atoms with van der Waals surface area (Å²) < 4.78 is 1.19. The molecular weight excluding hydrogens is 424 g/mol. The van der Waals surface area contributed by atoms with Gasteiger partial charge in [-0.05, 0) is 37.3 Å². The zero-order valence-corrected chi connectivity index (χ0v) is 21.1. The van der Waals surface area contributed by atoms with E-state index in [2.05, 4.69) is 105 Å². The van der Waals surface area contributed by atoms with Crippen LogP contribution in [0.3, 0.4) is 0 Å². The Morgan fingerprint density at radius 1 is 0.857 bits per heavy atom. The van der Waals surface area contributed by atoms with Crippen LogP contribution in [0, 0.1) is 29.1 Å². The SMILES string of the molecule is CC(C)=CCC[N+]1(Cc2ccccc2)CC2C(CC(C#N)(c3ccccc3)c3ccccc3)C2C1. The number of piperidine rings is 1. The molecule has 35 heavy (non-hydrogen) atoms. The van der Waals surface area contributed by atoms with Crippen molar-refractivity contribution in [2.75, 3.05) is 19.6 Å². The van der Waals surface area contributed by atoms with Crippen molar-refractivity contribution in [1.29, 1.82) is 5.26 Å². The molecule has 5 rings (SSSR count). The Morgan fingerprint density at radius 3 is 1.86 bits per heavy atom. The van der Waals surface area contributed by atoms with Crippen molar-refractivity contribution in [2.45, 2.75) is 38.6 Å². The number of fused-ring (bicyclic) bond motifs is 1. The summed E-state index contributed by atoms with van der Waals surface area (Å²) in [6.45, 7) is 9.22. The Hall–Kier alpha value is -3.15. The normalized spacial score (nSPS) is 24.9. The minimum atomic E-state index is -0.575. The van der Waals surface area contributed by atoms with Gasteiger partial charge in [0.25, 0.3) is 0 Å². The second-order valence-corrected chi connectivity index (χ2v) is 11.1. The standard InChI is InChI=1S/C33H37N2/c1-26(2)13-12-20-35(22-27-14-6-3-7-15-27)23-31-30(32(31)24-35)21-33(25-34,28-16-8-4-9-17-28)29-18-10-5-11-19-29/h3-11,13-19,30-32H,12,20-24H2,1-2H3/q+1. The molecule has 0 radical (unpaired) electrons. The van der Waals surface area contributed by atoms with Crippen LogP contribution in [0.5, 0.6) is 0 Å². The highest BCUT2D eigenvalue weighted by atomic mass is 15.4. The third-order valence-corrected chi connectivity index (χ3v) is 8.49. The lowest BCUT2D eigenvalue weighted by atomic mass is 9.71. The van der Waals surface area contributed by atoms with E-state index in [1.807, 2.05) is 12.1 Å². The zero-order valence-electron chi connectivity index (χ0n) is 21.1. The molecule has 2 atom stereocenters. The number of hydrogen-bond donors (Lipinski definition) is 0. The van der Waals surface area contributed by atoms with Crippen LogP contribution < -0.4 is 0 Å². The maximum Gasteiger partial charge on any atom is 0.107 e. The molecule has 2 unspecified atom stereocenters.